The fourth-order valence-corrected chi connectivity index (χ4v) is 5.44. The largest absolute Gasteiger partial charge is 0.357 e. The van der Waals surface area contributed by atoms with Gasteiger partial charge in [0.2, 0.25) is 0 Å². The molecule has 1 fully saturated rings. The molecule has 7 nitrogen and oxygen atoms in total. The van der Waals surface area contributed by atoms with Crippen molar-refractivity contribution in [3.8, 4) is 0 Å². The molecule has 178 valence electrons. The van der Waals surface area contributed by atoms with E-state index in [4.69, 9.17) is 4.99 Å². The van der Waals surface area contributed by atoms with Gasteiger partial charge in [0.25, 0.3) is 0 Å². The maximum atomic E-state index is 4.86. The van der Waals surface area contributed by atoms with E-state index in [1.54, 1.807) is 0 Å². The number of guanidine groups is 1. The summed E-state index contributed by atoms with van der Waals surface area (Å²) < 4.78 is 2.28. The fourth-order valence-electron chi connectivity index (χ4n) is 4.58. The quantitative estimate of drug-likeness (QED) is 0.296. The number of hydrogen-bond donors (Lipinski definition) is 2. The van der Waals surface area contributed by atoms with Crippen molar-refractivity contribution >= 4 is 41.3 Å². The first-order chi connectivity index (χ1) is 15.2. The lowest BCUT2D eigenvalue weighted by Gasteiger charge is -2.36. The van der Waals surface area contributed by atoms with E-state index in [1.165, 1.54) is 50.1 Å². The van der Waals surface area contributed by atoms with Crippen molar-refractivity contribution in [1.29, 1.82) is 0 Å². The molecule has 0 aliphatic carbocycles. The normalized spacial score (nSPS) is 19.0. The number of aliphatic imine (C=N–C) groups is 1. The molecule has 0 spiro atoms. The van der Waals surface area contributed by atoms with Crippen molar-refractivity contribution in [2.24, 2.45) is 10.9 Å². The lowest BCUT2D eigenvalue weighted by atomic mass is 9.97. The smallest absolute Gasteiger partial charge is 0.191 e. The topological polar surface area (TPSA) is 70.4 Å². The maximum absolute atomic E-state index is 4.86. The number of fused-ring (bicyclic) bond motifs is 1. The first kappa shape index (κ1) is 25.4. The molecule has 2 aliphatic heterocycles. The standard InChI is InChI=1S/C23H37N7S.HI/c1-3-24-23(26-17-22-28-27-21-9-5-4-6-12-30(21)22)25-16-19(20-8-7-15-31-20)29-13-10-18(2)11-14-29;/h7-8,15,18-19H,3-6,9-14,16-17H2,1-2H3,(H2,24,25,26);1H. The van der Waals surface area contributed by atoms with Crippen LogP contribution in [0.1, 0.15) is 68.5 Å². The molecule has 0 radical (unpaired) electrons. The van der Waals surface area contributed by atoms with Crippen LogP contribution in [-0.2, 0) is 19.5 Å². The van der Waals surface area contributed by atoms with Crippen LogP contribution in [0.25, 0.3) is 0 Å². The molecule has 2 aromatic heterocycles. The zero-order valence-corrected chi connectivity index (χ0v) is 22.6. The van der Waals surface area contributed by atoms with Crippen LogP contribution in [0.5, 0.6) is 0 Å². The molecule has 9 heteroatoms. The van der Waals surface area contributed by atoms with E-state index in [0.717, 1.165) is 49.6 Å². The monoisotopic (exact) mass is 571 g/mol. The zero-order valence-electron chi connectivity index (χ0n) is 19.4. The van der Waals surface area contributed by atoms with Gasteiger partial charge in [-0.15, -0.1) is 45.5 Å². The van der Waals surface area contributed by atoms with Crippen molar-refractivity contribution in [3.63, 3.8) is 0 Å². The number of halogens is 1. The Balaban J connectivity index is 0.00000289. The Morgan fingerprint density at radius 3 is 2.78 bits per heavy atom. The van der Waals surface area contributed by atoms with E-state index in [9.17, 15) is 0 Å². The summed E-state index contributed by atoms with van der Waals surface area (Å²) in [5.74, 6) is 3.80. The molecule has 0 aromatic carbocycles. The van der Waals surface area contributed by atoms with Gasteiger partial charge in [-0.3, -0.25) is 4.90 Å². The Morgan fingerprint density at radius 1 is 1.19 bits per heavy atom. The summed E-state index contributed by atoms with van der Waals surface area (Å²) in [6.45, 7) is 10.1. The van der Waals surface area contributed by atoms with Crippen molar-refractivity contribution in [2.45, 2.75) is 71.5 Å². The van der Waals surface area contributed by atoms with E-state index < -0.39 is 0 Å². The Labute approximate surface area is 213 Å². The number of piperidine rings is 1. The minimum atomic E-state index is 0. The number of hydrogen-bond acceptors (Lipinski definition) is 5. The van der Waals surface area contributed by atoms with Crippen LogP contribution in [0.4, 0.5) is 0 Å². The van der Waals surface area contributed by atoms with Crippen molar-refractivity contribution < 1.29 is 0 Å². The van der Waals surface area contributed by atoms with Gasteiger partial charge in [-0.25, -0.2) is 4.99 Å². The molecular formula is C23H38IN7S. The average Bonchev–Trinajstić information content (AvgIpc) is 3.38. The van der Waals surface area contributed by atoms with Gasteiger partial charge in [0, 0.05) is 30.9 Å². The summed E-state index contributed by atoms with van der Waals surface area (Å²) in [5, 5.41) is 18.1. The van der Waals surface area contributed by atoms with Gasteiger partial charge in [0.1, 0.15) is 12.4 Å². The van der Waals surface area contributed by atoms with Crippen molar-refractivity contribution in [3.05, 3.63) is 34.0 Å². The second-order valence-corrected chi connectivity index (χ2v) is 9.80. The molecular weight excluding hydrogens is 533 g/mol. The van der Waals surface area contributed by atoms with E-state index in [0.29, 0.717) is 12.6 Å². The Bertz CT molecular complexity index is 828. The summed E-state index contributed by atoms with van der Waals surface area (Å²) in [7, 11) is 0. The van der Waals surface area contributed by atoms with Gasteiger partial charge in [-0.05, 0) is 63.1 Å². The number of thiophene rings is 1. The second-order valence-electron chi connectivity index (χ2n) is 8.82. The predicted molar refractivity (Wildman–Crippen MR) is 143 cm³/mol. The first-order valence-corrected chi connectivity index (χ1v) is 12.8. The summed E-state index contributed by atoms with van der Waals surface area (Å²) >= 11 is 1.86. The van der Waals surface area contributed by atoms with Gasteiger partial charge in [0.15, 0.2) is 11.8 Å². The predicted octanol–water partition coefficient (Wildman–Crippen LogP) is 4.21. The number of nitrogens with one attached hydrogen (secondary N) is 2. The van der Waals surface area contributed by atoms with E-state index in [-0.39, 0.29) is 24.0 Å². The molecule has 0 amide bonds. The molecule has 2 aromatic rings. The minimum absolute atomic E-state index is 0. The third-order valence-electron chi connectivity index (χ3n) is 6.50. The van der Waals surface area contributed by atoms with Crippen molar-refractivity contribution in [1.82, 2.24) is 30.3 Å². The lowest BCUT2D eigenvalue weighted by molar-refractivity contribution is 0.140. The van der Waals surface area contributed by atoms with Crippen molar-refractivity contribution in [2.75, 3.05) is 26.2 Å². The number of aromatic nitrogens is 3. The van der Waals surface area contributed by atoms with Gasteiger partial charge < -0.3 is 15.2 Å². The molecule has 4 heterocycles. The molecule has 2 aliphatic rings. The number of nitrogens with zero attached hydrogens (tertiary/aromatic N) is 5. The molecule has 32 heavy (non-hydrogen) atoms. The highest BCUT2D eigenvalue weighted by Gasteiger charge is 2.25. The second kappa shape index (κ2) is 12.9. The summed E-state index contributed by atoms with van der Waals surface area (Å²) in [4.78, 5) is 8.93. The number of aryl methyl sites for hydroxylation is 1. The van der Waals surface area contributed by atoms with Crippen LogP contribution < -0.4 is 10.6 Å². The summed E-state index contributed by atoms with van der Waals surface area (Å²) in [6.07, 6.45) is 7.30. The molecule has 1 saturated heterocycles. The van der Waals surface area contributed by atoms with Crippen LogP contribution in [0.2, 0.25) is 0 Å². The van der Waals surface area contributed by atoms with Crippen LogP contribution in [0, 0.1) is 5.92 Å². The Kier molecular flexibility index (Phi) is 10.2. The molecule has 1 unspecified atom stereocenters. The minimum Gasteiger partial charge on any atom is -0.357 e. The Morgan fingerprint density at radius 2 is 2.03 bits per heavy atom. The highest BCUT2D eigenvalue weighted by atomic mass is 127. The van der Waals surface area contributed by atoms with E-state index in [1.807, 2.05) is 11.3 Å². The van der Waals surface area contributed by atoms with E-state index >= 15 is 0 Å². The fraction of sp³-hybridized carbons (Fsp3) is 0.696. The number of likely N-dealkylation sites (tertiary alicyclic amines) is 1. The Hall–Kier alpha value is -1.20. The zero-order chi connectivity index (χ0) is 21.5. The highest BCUT2D eigenvalue weighted by molar-refractivity contribution is 14.0. The molecule has 0 saturated carbocycles. The lowest BCUT2D eigenvalue weighted by Crippen LogP contribution is -2.45. The van der Waals surface area contributed by atoms with E-state index in [2.05, 4.69) is 61.7 Å². The molecule has 0 bridgehead atoms. The van der Waals surface area contributed by atoms with Gasteiger partial charge in [-0.1, -0.05) is 19.4 Å². The summed E-state index contributed by atoms with van der Waals surface area (Å²) in [5.41, 5.74) is 0. The summed E-state index contributed by atoms with van der Waals surface area (Å²) in [6, 6.07) is 4.82. The SMILES string of the molecule is CCNC(=NCc1nnc2n1CCCCC2)NCC(c1cccs1)N1CCC(C)CC1.I. The average molecular weight is 572 g/mol. The van der Waals surface area contributed by atoms with Gasteiger partial charge >= 0.3 is 0 Å². The van der Waals surface area contributed by atoms with Crippen LogP contribution in [0.3, 0.4) is 0 Å². The third kappa shape index (κ3) is 6.66. The van der Waals surface area contributed by atoms with Crippen LogP contribution in [-0.4, -0.2) is 51.8 Å². The van der Waals surface area contributed by atoms with Gasteiger partial charge in [0.05, 0.1) is 6.04 Å². The molecule has 1 atom stereocenters. The van der Waals surface area contributed by atoms with Crippen LogP contribution in [0.15, 0.2) is 22.5 Å². The first-order valence-electron chi connectivity index (χ1n) is 11.9. The molecule has 4 rings (SSSR count). The van der Waals surface area contributed by atoms with Crippen LogP contribution >= 0.6 is 35.3 Å². The highest BCUT2D eigenvalue weighted by Crippen LogP contribution is 2.29. The molecule has 2 N–H and O–H groups in total. The maximum Gasteiger partial charge on any atom is 0.191 e. The third-order valence-corrected chi connectivity index (χ3v) is 7.48. The van der Waals surface area contributed by atoms with Gasteiger partial charge in [-0.2, -0.15) is 0 Å². The number of rotatable bonds is 7.